The summed E-state index contributed by atoms with van der Waals surface area (Å²) in [5.41, 5.74) is 1.56. The van der Waals surface area contributed by atoms with Crippen molar-refractivity contribution in [3.8, 4) is 0 Å². The molecule has 2 heterocycles. The molecular formula is C6H7ClN4. The normalized spacial score (nSPS) is 11.2. The van der Waals surface area contributed by atoms with Crippen LogP contribution in [0.1, 0.15) is 11.5 Å². The van der Waals surface area contributed by atoms with Crippen LogP contribution in [0.2, 0.25) is 5.02 Å². The lowest BCUT2D eigenvalue weighted by Gasteiger charge is -1.80. The minimum Gasteiger partial charge on any atom is -0.324 e. The highest BCUT2D eigenvalue weighted by molar-refractivity contribution is 6.34. The second-order valence-corrected chi connectivity index (χ2v) is 2.83. The lowest BCUT2D eigenvalue weighted by molar-refractivity contribution is 0.793. The smallest absolute Gasteiger partial charge is 0.174 e. The number of aromatic amines is 1. The molecule has 0 bridgehead atoms. The zero-order valence-electron chi connectivity index (χ0n) is 6.22. The minimum absolute atomic E-state index is 0.644. The zero-order valence-corrected chi connectivity index (χ0v) is 6.98. The maximum Gasteiger partial charge on any atom is 0.174 e. The predicted octanol–water partition coefficient (Wildman–Crippen LogP) is 1.33. The van der Waals surface area contributed by atoms with E-state index in [1.807, 2.05) is 13.8 Å². The monoisotopic (exact) mass is 170 g/mol. The number of hydrogen-bond donors (Lipinski definition) is 1. The van der Waals surface area contributed by atoms with Crippen LogP contribution >= 0.6 is 11.6 Å². The van der Waals surface area contributed by atoms with Crippen LogP contribution in [0.5, 0.6) is 0 Å². The molecule has 4 nitrogen and oxygen atoms in total. The zero-order chi connectivity index (χ0) is 8.01. The van der Waals surface area contributed by atoms with E-state index in [9.17, 15) is 0 Å². The standard InChI is InChI=1S/C6H7ClN4/c1-3-5(7)6-8-4(2)10-11(6)9-3/h1-2H3,(H,8,10). The van der Waals surface area contributed by atoms with Crippen molar-refractivity contribution in [2.45, 2.75) is 13.8 Å². The lowest BCUT2D eigenvalue weighted by Crippen LogP contribution is -1.86. The Bertz CT molecular complexity index is 400. The average Bonchev–Trinajstić information content (AvgIpc) is 2.37. The van der Waals surface area contributed by atoms with E-state index in [1.165, 1.54) is 4.63 Å². The molecule has 0 aromatic carbocycles. The molecule has 1 N–H and O–H groups in total. The fourth-order valence-electron chi connectivity index (χ4n) is 1.01. The van der Waals surface area contributed by atoms with Crippen molar-refractivity contribution in [2.75, 3.05) is 0 Å². The third-order valence-corrected chi connectivity index (χ3v) is 1.97. The molecule has 5 heteroatoms. The first-order valence-electron chi connectivity index (χ1n) is 3.26. The van der Waals surface area contributed by atoms with E-state index >= 15 is 0 Å². The molecule has 0 fully saturated rings. The Morgan fingerprint density at radius 2 is 2.09 bits per heavy atom. The van der Waals surface area contributed by atoms with E-state index in [1.54, 1.807) is 0 Å². The van der Waals surface area contributed by atoms with E-state index < -0.39 is 0 Å². The molecule has 58 valence electrons. The second-order valence-electron chi connectivity index (χ2n) is 2.45. The summed E-state index contributed by atoms with van der Waals surface area (Å²) < 4.78 is 1.51. The summed E-state index contributed by atoms with van der Waals surface area (Å²) in [5, 5.41) is 8.78. The number of hydrogen-bond acceptors (Lipinski definition) is 2. The summed E-state index contributed by atoms with van der Waals surface area (Å²) in [7, 11) is 0. The summed E-state index contributed by atoms with van der Waals surface area (Å²) in [6.45, 7) is 3.71. The second kappa shape index (κ2) is 1.98. The first-order chi connectivity index (χ1) is 5.18. The molecule has 2 aromatic rings. The van der Waals surface area contributed by atoms with E-state index in [2.05, 4.69) is 15.2 Å². The Kier molecular flexibility index (Phi) is 1.20. The van der Waals surface area contributed by atoms with Gasteiger partial charge in [0.1, 0.15) is 10.8 Å². The van der Waals surface area contributed by atoms with Gasteiger partial charge in [0.2, 0.25) is 0 Å². The number of fused-ring (bicyclic) bond motifs is 1. The van der Waals surface area contributed by atoms with E-state index in [0.717, 1.165) is 17.2 Å². The van der Waals surface area contributed by atoms with Crippen LogP contribution in [-0.2, 0) is 0 Å². The minimum atomic E-state index is 0.644. The largest absolute Gasteiger partial charge is 0.324 e. The van der Waals surface area contributed by atoms with Gasteiger partial charge in [-0.25, -0.2) is 0 Å². The number of nitrogens with one attached hydrogen (secondary N) is 1. The van der Waals surface area contributed by atoms with Crippen molar-refractivity contribution in [3.63, 3.8) is 0 Å². The van der Waals surface area contributed by atoms with E-state index in [0.29, 0.717) is 5.02 Å². The number of halogens is 1. The topological polar surface area (TPSA) is 46.0 Å². The van der Waals surface area contributed by atoms with Gasteiger partial charge in [0.05, 0.1) is 5.69 Å². The van der Waals surface area contributed by atoms with Crippen molar-refractivity contribution in [2.24, 2.45) is 0 Å². The first-order valence-corrected chi connectivity index (χ1v) is 3.64. The van der Waals surface area contributed by atoms with Gasteiger partial charge in [0.15, 0.2) is 5.65 Å². The molecule has 11 heavy (non-hydrogen) atoms. The van der Waals surface area contributed by atoms with Gasteiger partial charge in [-0.1, -0.05) is 11.6 Å². The lowest BCUT2D eigenvalue weighted by atomic mass is 10.5. The number of aromatic nitrogens is 4. The van der Waals surface area contributed by atoms with Crippen molar-refractivity contribution in [1.82, 2.24) is 19.8 Å². The molecule has 0 radical (unpaired) electrons. The van der Waals surface area contributed by atoms with Crippen LogP contribution in [0.3, 0.4) is 0 Å². The van der Waals surface area contributed by atoms with Crippen LogP contribution in [-0.4, -0.2) is 19.8 Å². The third-order valence-electron chi connectivity index (χ3n) is 1.51. The van der Waals surface area contributed by atoms with Crippen LogP contribution < -0.4 is 0 Å². The maximum atomic E-state index is 5.90. The van der Waals surface area contributed by atoms with Gasteiger partial charge in [-0.2, -0.15) is 5.10 Å². The number of aryl methyl sites for hydroxylation is 2. The molecule has 0 amide bonds. The Hall–Kier alpha value is -1.03. The van der Waals surface area contributed by atoms with Gasteiger partial charge >= 0.3 is 0 Å². The highest BCUT2D eigenvalue weighted by Gasteiger charge is 2.08. The van der Waals surface area contributed by atoms with Gasteiger partial charge < -0.3 is 4.98 Å². The number of H-pyrrole nitrogens is 1. The highest BCUT2D eigenvalue weighted by Crippen LogP contribution is 2.18. The Morgan fingerprint density at radius 1 is 1.36 bits per heavy atom. The van der Waals surface area contributed by atoms with E-state index in [4.69, 9.17) is 11.6 Å². The molecule has 0 unspecified atom stereocenters. The fourth-order valence-corrected chi connectivity index (χ4v) is 1.17. The van der Waals surface area contributed by atoms with Crippen molar-refractivity contribution < 1.29 is 0 Å². The molecule has 0 atom stereocenters. The third kappa shape index (κ3) is 0.826. The average molecular weight is 171 g/mol. The molecule has 2 rings (SSSR count). The van der Waals surface area contributed by atoms with Crippen molar-refractivity contribution >= 4 is 17.2 Å². The maximum absolute atomic E-state index is 5.90. The van der Waals surface area contributed by atoms with Crippen LogP contribution in [0.4, 0.5) is 0 Å². The van der Waals surface area contributed by atoms with Crippen molar-refractivity contribution in [3.05, 3.63) is 16.5 Å². The first kappa shape index (κ1) is 6.67. The SMILES string of the molecule is Cc1nn2nc(C)c(Cl)c2[nH]1. The number of rotatable bonds is 0. The highest BCUT2D eigenvalue weighted by atomic mass is 35.5. The van der Waals surface area contributed by atoms with Crippen LogP contribution in [0.15, 0.2) is 0 Å². The Morgan fingerprint density at radius 3 is 2.73 bits per heavy atom. The van der Waals surface area contributed by atoms with Gasteiger partial charge in [0, 0.05) is 0 Å². The summed E-state index contributed by atoms with van der Waals surface area (Å²) in [6.07, 6.45) is 0. The molecule has 0 spiro atoms. The molecule has 0 aliphatic carbocycles. The predicted molar refractivity (Wildman–Crippen MR) is 41.8 cm³/mol. The fraction of sp³-hybridized carbons (Fsp3) is 0.333. The number of nitrogens with zero attached hydrogens (tertiary/aromatic N) is 3. The summed E-state index contributed by atoms with van der Waals surface area (Å²) in [5.74, 6) is 0.814. The molecule has 2 aromatic heterocycles. The Labute approximate surface area is 68.2 Å². The van der Waals surface area contributed by atoms with Crippen LogP contribution in [0.25, 0.3) is 5.65 Å². The van der Waals surface area contributed by atoms with Gasteiger partial charge in [-0.15, -0.1) is 9.73 Å². The summed E-state index contributed by atoms with van der Waals surface area (Å²) in [4.78, 5) is 3.00. The molecule has 0 aliphatic heterocycles. The Balaban J connectivity index is 2.88. The molecule has 0 saturated heterocycles. The van der Waals surface area contributed by atoms with Gasteiger partial charge in [-0.05, 0) is 13.8 Å². The van der Waals surface area contributed by atoms with Gasteiger partial charge in [0.25, 0.3) is 0 Å². The van der Waals surface area contributed by atoms with Crippen molar-refractivity contribution in [1.29, 1.82) is 0 Å². The molecule has 0 saturated carbocycles. The molecular weight excluding hydrogens is 164 g/mol. The molecule has 0 aliphatic rings. The van der Waals surface area contributed by atoms with E-state index in [-0.39, 0.29) is 0 Å². The summed E-state index contributed by atoms with van der Waals surface area (Å²) in [6, 6.07) is 0. The summed E-state index contributed by atoms with van der Waals surface area (Å²) >= 11 is 5.90. The van der Waals surface area contributed by atoms with Gasteiger partial charge in [-0.3, -0.25) is 0 Å². The quantitative estimate of drug-likeness (QED) is 0.649. The van der Waals surface area contributed by atoms with Crippen LogP contribution in [0, 0.1) is 13.8 Å².